The summed E-state index contributed by atoms with van der Waals surface area (Å²) in [5.74, 6) is -1.20. The van der Waals surface area contributed by atoms with Gasteiger partial charge in [-0.3, -0.25) is 9.79 Å². The van der Waals surface area contributed by atoms with Gasteiger partial charge >= 0.3 is 5.97 Å². The molecular weight excluding hydrogens is 362 g/mol. The standard InChI is InChI=1S/C17H14BrNO4/c1-8-2-3-9(4-10(8)18)14-15-11(5-22-7-13(15)20)19-12-6-23-17(21)16(12)14/h2-4,14-15H,5-7H2,1H3/t14-,15?/m0/s1. The number of cyclic esters (lactones) is 1. The molecule has 3 aliphatic heterocycles. The van der Waals surface area contributed by atoms with Crippen LogP contribution in [0.3, 0.4) is 0 Å². The van der Waals surface area contributed by atoms with E-state index in [1.165, 1.54) is 0 Å². The quantitative estimate of drug-likeness (QED) is 0.706. The number of carbonyl (C=O) groups excluding carboxylic acids is 2. The molecule has 4 rings (SSSR count). The zero-order valence-electron chi connectivity index (χ0n) is 12.5. The van der Waals surface area contributed by atoms with E-state index in [2.05, 4.69) is 20.9 Å². The number of benzene rings is 1. The first-order valence-electron chi connectivity index (χ1n) is 7.40. The highest BCUT2D eigenvalue weighted by molar-refractivity contribution is 9.10. The van der Waals surface area contributed by atoms with E-state index in [0.717, 1.165) is 15.6 Å². The fourth-order valence-electron chi connectivity index (χ4n) is 3.41. The van der Waals surface area contributed by atoms with Crippen LogP contribution in [0.5, 0.6) is 0 Å². The van der Waals surface area contributed by atoms with E-state index in [1.54, 1.807) is 0 Å². The second-order valence-corrected chi connectivity index (χ2v) is 6.82. The molecule has 1 fully saturated rings. The summed E-state index contributed by atoms with van der Waals surface area (Å²) < 4.78 is 11.4. The summed E-state index contributed by atoms with van der Waals surface area (Å²) in [4.78, 5) is 29.2. The van der Waals surface area contributed by atoms with E-state index >= 15 is 0 Å². The van der Waals surface area contributed by atoms with Crippen molar-refractivity contribution in [3.05, 3.63) is 45.1 Å². The number of carbonyl (C=O) groups is 2. The van der Waals surface area contributed by atoms with Crippen LogP contribution in [0.2, 0.25) is 0 Å². The van der Waals surface area contributed by atoms with Gasteiger partial charge in [-0.25, -0.2) is 4.79 Å². The Kier molecular flexibility index (Phi) is 3.46. The van der Waals surface area contributed by atoms with Gasteiger partial charge in [0.15, 0.2) is 5.78 Å². The number of halogens is 1. The summed E-state index contributed by atoms with van der Waals surface area (Å²) in [6, 6.07) is 5.92. The number of rotatable bonds is 1. The van der Waals surface area contributed by atoms with E-state index in [1.807, 2.05) is 25.1 Å². The first-order chi connectivity index (χ1) is 11.1. The van der Waals surface area contributed by atoms with Crippen molar-refractivity contribution in [2.75, 3.05) is 19.8 Å². The Balaban J connectivity index is 1.89. The molecular formula is C17H14BrNO4. The minimum absolute atomic E-state index is 0.0389. The van der Waals surface area contributed by atoms with Crippen molar-refractivity contribution in [3.63, 3.8) is 0 Å². The van der Waals surface area contributed by atoms with E-state index in [9.17, 15) is 9.59 Å². The summed E-state index contributed by atoms with van der Waals surface area (Å²) in [5, 5.41) is 0. The van der Waals surface area contributed by atoms with Gasteiger partial charge in [0.2, 0.25) is 0 Å². The molecule has 3 heterocycles. The average Bonchev–Trinajstić information content (AvgIpc) is 2.90. The first-order valence-corrected chi connectivity index (χ1v) is 8.19. The largest absolute Gasteiger partial charge is 0.456 e. The molecule has 0 bridgehead atoms. The van der Waals surface area contributed by atoms with Gasteiger partial charge in [0.05, 0.1) is 29.5 Å². The van der Waals surface area contributed by atoms with Gasteiger partial charge in [-0.15, -0.1) is 0 Å². The normalized spacial score (nSPS) is 26.6. The number of hydrogen-bond acceptors (Lipinski definition) is 5. The molecule has 0 amide bonds. The van der Waals surface area contributed by atoms with Crippen LogP contribution in [0.15, 0.2) is 38.9 Å². The highest BCUT2D eigenvalue weighted by Gasteiger charge is 2.47. The smallest absolute Gasteiger partial charge is 0.337 e. The fourth-order valence-corrected chi connectivity index (χ4v) is 3.81. The Morgan fingerprint density at radius 2 is 2.00 bits per heavy atom. The number of esters is 1. The van der Waals surface area contributed by atoms with Crippen LogP contribution in [-0.4, -0.2) is 37.3 Å². The van der Waals surface area contributed by atoms with Crippen LogP contribution >= 0.6 is 15.9 Å². The van der Waals surface area contributed by atoms with Crippen LogP contribution in [0.1, 0.15) is 17.0 Å². The van der Waals surface area contributed by atoms with E-state index in [0.29, 0.717) is 23.6 Å². The topological polar surface area (TPSA) is 65.0 Å². The SMILES string of the molecule is Cc1ccc([C@@H]2C3=C(COC3=O)N=C3COCC(=O)C32)cc1Br. The fraction of sp³-hybridized carbons (Fsp3) is 0.353. The Morgan fingerprint density at radius 1 is 1.17 bits per heavy atom. The van der Waals surface area contributed by atoms with Crippen molar-refractivity contribution in [1.82, 2.24) is 0 Å². The second-order valence-electron chi connectivity index (χ2n) is 5.96. The molecule has 1 aromatic rings. The number of aliphatic imine (C=N–C) groups is 1. The Hall–Kier alpha value is -1.79. The summed E-state index contributed by atoms with van der Waals surface area (Å²) in [5.41, 5.74) is 3.85. The van der Waals surface area contributed by atoms with Crippen LogP contribution in [0.4, 0.5) is 0 Å². The molecule has 1 aromatic carbocycles. The number of nitrogens with zero attached hydrogens (tertiary/aromatic N) is 1. The van der Waals surface area contributed by atoms with Gasteiger partial charge in [0.25, 0.3) is 0 Å². The maximum Gasteiger partial charge on any atom is 0.337 e. The van der Waals surface area contributed by atoms with Crippen molar-refractivity contribution >= 4 is 33.4 Å². The number of ketones is 1. The third-order valence-electron chi connectivity index (χ3n) is 4.55. The summed E-state index contributed by atoms with van der Waals surface area (Å²) in [6.07, 6.45) is 0. The zero-order chi connectivity index (χ0) is 16.1. The molecule has 0 saturated carbocycles. The molecule has 118 valence electrons. The number of Topliss-reactive ketones (excluding diaryl/α,β-unsaturated/α-hetero) is 1. The van der Waals surface area contributed by atoms with Crippen molar-refractivity contribution in [2.45, 2.75) is 12.8 Å². The van der Waals surface area contributed by atoms with Crippen LogP contribution in [-0.2, 0) is 19.1 Å². The molecule has 0 aromatic heterocycles. The summed E-state index contributed by atoms with van der Waals surface area (Å²) in [7, 11) is 0. The van der Waals surface area contributed by atoms with E-state index in [4.69, 9.17) is 9.47 Å². The van der Waals surface area contributed by atoms with Crippen molar-refractivity contribution in [2.24, 2.45) is 10.9 Å². The molecule has 0 N–H and O–H groups in total. The molecule has 0 aliphatic carbocycles. The molecule has 1 unspecified atom stereocenters. The monoisotopic (exact) mass is 375 g/mol. The Morgan fingerprint density at radius 3 is 2.78 bits per heavy atom. The van der Waals surface area contributed by atoms with E-state index in [-0.39, 0.29) is 30.9 Å². The Labute approximate surface area is 141 Å². The molecule has 3 aliphatic rings. The summed E-state index contributed by atoms with van der Waals surface area (Å²) in [6.45, 7) is 2.55. The average molecular weight is 376 g/mol. The van der Waals surface area contributed by atoms with Crippen molar-refractivity contribution < 1.29 is 19.1 Å². The van der Waals surface area contributed by atoms with Crippen molar-refractivity contribution in [1.29, 1.82) is 0 Å². The summed E-state index contributed by atoms with van der Waals surface area (Å²) >= 11 is 3.53. The minimum atomic E-state index is -0.442. The van der Waals surface area contributed by atoms with Gasteiger partial charge in [-0.05, 0) is 24.1 Å². The van der Waals surface area contributed by atoms with Gasteiger partial charge in [0, 0.05) is 10.4 Å². The third kappa shape index (κ3) is 2.28. The lowest BCUT2D eigenvalue weighted by molar-refractivity contribution is -0.136. The predicted molar refractivity (Wildman–Crippen MR) is 86.4 cm³/mol. The van der Waals surface area contributed by atoms with Crippen LogP contribution in [0.25, 0.3) is 0 Å². The Bertz CT molecular complexity index is 796. The lowest BCUT2D eigenvalue weighted by Gasteiger charge is -2.33. The molecule has 23 heavy (non-hydrogen) atoms. The van der Waals surface area contributed by atoms with Gasteiger partial charge in [-0.1, -0.05) is 28.1 Å². The maximum atomic E-state index is 12.5. The predicted octanol–water partition coefficient (Wildman–Crippen LogP) is 2.32. The van der Waals surface area contributed by atoms with Crippen LogP contribution in [0, 0.1) is 12.8 Å². The minimum Gasteiger partial charge on any atom is -0.456 e. The molecule has 0 radical (unpaired) electrons. The van der Waals surface area contributed by atoms with Crippen LogP contribution < -0.4 is 0 Å². The third-order valence-corrected chi connectivity index (χ3v) is 5.40. The lowest BCUT2D eigenvalue weighted by Crippen LogP contribution is -2.43. The van der Waals surface area contributed by atoms with Gasteiger partial charge < -0.3 is 9.47 Å². The molecule has 5 nitrogen and oxygen atoms in total. The molecule has 2 atom stereocenters. The molecule has 0 spiro atoms. The number of hydrogen-bond donors (Lipinski definition) is 0. The highest BCUT2D eigenvalue weighted by atomic mass is 79.9. The highest BCUT2D eigenvalue weighted by Crippen LogP contribution is 2.43. The number of aryl methyl sites for hydroxylation is 1. The maximum absolute atomic E-state index is 12.5. The molecule has 6 heteroatoms. The second kappa shape index (κ2) is 5.39. The first kappa shape index (κ1) is 14.8. The van der Waals surface area contributed by atoms with E-state index < -0.39 is 5.92 Å². The lowest BCUT2D eigenvalue weighted by atomic mass is 9.73. The van der Waals surface area contributed by atoms with Crippen molar-refractivity contribution in [3.8, 4) is 0 Å². The zero-order valence-corrected chi connectivity index (χ0v) is 14.1. The number of fused-ring (bicyclic) bond motifs is 1. The van der Waals surface area contributed by atoms with Gasteiger partial charge in [-0.2, -0.15) is 0 Å². The van der Waals surface area contributed by atoms with Gasteiger partial charge in [0.1, 0.15) is 13.2 Å². The molecule has 1 saturated heterocycles. The number of ether oxygens (including phenoxy) is 2.